The molecule has 9 heteroatoms. The van der Waals surface area contributed by atoms with E-state index in [2.05, 4.69) is 21.6 Å². The van der Waals surface area contributed by atoms with Crippen LogP contribution in [0.15, 0.2) is 40.9 Å². The van der Waals surface area contributed by atoms with E-state index in [1.807, 2.05) is 11.4 Å². The average molecular weight is 390 g/mol. The van der Waals surface area contributed by atoms with Gasteiger partial charge in [-0.15, -0.1) is 16.4 Å². The maximum atomic E-state index is 12.5. The van der Waals surface area contributed by atoms with Crippen LogP contribution in [0.3, 0.4) is 0 Å². The Labute approximate surface area is 159 Å². The second kappa shape index (κ2) is 8.81. The number of thiophene rings is 1. The molecule has 0 saturated heterocycles. The SMILES string of the molecule is COc1ccc(C(=O)CSc2nnnn2CCc2cccs2)cc1OC. The number of carbonyl (C=O) groups is 1. The number of carbonyl (C=O) groups excluding carboxylic acids is 1. The summed E-state index contributed by atoms with van der Waals surface area (Å²) in [7, 11) is 3.10. The summed E-state index contributed by atoms with van der Waals surface area (Å²) in [4.78, 5) is 13.7. The molecule has 0 N–H and O–H groups in total. The zero-order chi connectivity index (χ0) is 18.4. The van der Waals surface area contributed by atoms with Crippen molar-refractivity contribution in [3.63, 3.8) is 0 Å². The summed E-state index contributed by atoms with van der Waals surface area (Å²) < 4.78 is 12.2. The number of ether oxygens (including phenoxy) is 2. The van der Waals surface area contributed by atoms with E-state index in [-0.39, 0.29) is 11.5 Å². The van der Waals surface area contributed by atoms with E-state index < -0.39 is 0 Å². The zero-order valence-corrected chi connectivity index (χ0v) is 16.0. The topological polar surface area (TPSA) is 79.1 Å². The van der Waals surface area contributed by atoms with E-state index in [9.17, 15) is 4.79 Å². The van der Waals surface area contributed by atoms with Gasteiger partial charge in [-0.3, -0.25) is 4.79 Å². The fourth-order valence-corrected chi connectivity index (χ4v) is 3.83. The number of tetrazole rings is 1. The number of ketones is 1. The Morgan fingerprint density at radius 2 is 2.08 bits per heavy atom. The summed E-state index contributed by atoms with van der Waals surface area (Å²) in [5.74, 6) is 1.34. The van der Waals surface area contributed by atoms with Crippen molar-refractivity contribution in [1.82, 2.24) is 20.2 Å². The van der Waals surface area contributed by atoms with Crippen molar-refractivity contribution in [1.29, 1.82) is 0 Å². The lowest BCUT2D eigenvalue weighted by molar-refractivity contribution is 0.102. The van der Waals surface area contributed by atoms with Gasteiger partial charge in [0.2, 0.25) is 5.16 Å². The molecule has 0 aliphatic rings. The largest absolute Gasteiger partial charge is 0.493 e. The average Bonchev–Trinajstić information content (AvgIpc) is 3.35. The normalized spacial score (nSPS) is 10.7. The fraction of sp³-hybridized carbons (Fsp3) is 0.294. The van der Waals surface area contributed by atoms with Crippen molar-refractivity contribution in [3.05, 3.63) is 46.2 Å². The molecule has 1 aromatic carbocycles. The van der Waals surface area contributed by atoms with Gasteiger partial charge < -0.3 is 9.47 Å². The molecule has 0 fully saturated rings. The molecule has 26 heavy (non-hydrogen) atoms. The predicted molar refractivity (Wildman–Crippen MR) is 100 cm³/mol. The maximum Gasteiger partial charge on any atom is 0.209 e. The summed E-state index contributed by atoms with van der Waals surface area (Å²) in [6.07, 6.45) is 0.861. The summed E-state index contributed by atoms with van der Waals surface area (Å²) in [6, 6.07) is 9.24. The minimum absolute atomic E-state index is 0.0243. The molecule has 0 saturated carbocycles. The van der Waals surface area contributed by atoms with Crippen LogP contribution in [-0.4, -0.2) is 46.0 Å². The van der Waals surface area contributed by atoms with Gasteiger partial charge in [0.1, 0.15) is 0 Å². The number of hydrogen-bond donors (Lipinski definition) is 0. The van der Waals surface area contributed by atoms with E-state index >= 15 is 0 Å². The molecule has 0 amide bonds. The van der Waals surface area contributed by atoms with Crippen LogP contribution in [0, 0.1) is 0 Å². The molecule has 2 aromatic heterocycles. The molecule has 2 heterocycles. The van der Waals surface area contributed by atoms with Crippen molar-refractivity contribution >= 4 is 28.9 Å². The molecule has 3 aromatic rings. The fourth-order valence-electron chi connectivity index (χ4n) is 2.33. The lowest BCUT2D eigenvalue weighted by Gasteiger charge is -2.09. The lowest BCUT2D eigenvalue weighted by atomic mass is 10.1. The van der Waals surface area contributed by atoms with E-state index in [1.165, 1.54) is 16.6 Å². The van der Waals surface area contributed by atoms with Crippen molar-refractivity contribution in [3.8, 4) is 11.5 Å². The van der Waals surface area contributed by atoms with Gasteiger partial charge in [0.25, 0.3) is 0 Å². The van der Waals surface area contributed by atoms with Gasteiger partial charge in [0.05, 0.1) is 26.5 Å². The molecule has 0 atom stereocenters. The number of Topliss-reactive ketones (excluding diaryl/α,β-unsaturated/α-hetero) is 1. The Balaban J connectivity index is 1.60. The first-order chi connectivity index (χ1) is 12.7. The molecule has 3 rings (SSSR count). The molecule has 0 radical (unpaired) electrons. The van der Waals surface area contributed by atoms with Gasteiger partial charge in [-0.05, 0) is 40.1 Å². The third-order valence-electron chi connectivity index (χ3n) is 3.69. The summed E-state index contributed by atoms with van der Waals surface area (Å²) in [6.45, 7) is 0.681. The van der Waals surface area contributed by atoms with Gasteiger partial charge >= 0.3 is 0 Å². The second-order valence-corrected chi connectivity index (χ2v) is 7.27. The first-order valence-corrected chi connectivity index (χ1v) is 9.74. The highest BCUT2D eigenvalue weighted by Crippen LogP contribution is 2.28. The van der Waals surface area contributed by atoms with Crippen LogP contribution in [0.2, 0.25) is 0 Å². The predicted octanol–water partition coefficient (Wildman–Crippen LogP) is 2.97. The number of methoxy groups -OCH3 is 2. The minimum Gasteiger partial charge on any atom is -0.493 e. The highest BCUT2D eigenvalue weighted by Gasteiger charge is 2.14. The zero-order valence-electron chi connectivity index (χ0n) is 14.4. The molecular weight excluding hydrogens is 372 g/mol. The molecule has 0 aliphatic heterocycles. The number of rotatable bonds is 9. The lowest BCUT2D eigenvalue weighted by Crippen LogP contribution is -2.07. The van der Waals surface area contributed by atoms with E-state index in [0.29, 0.717) is 28.8 Å². The van der Waals surface area contributed by atoms with Gasteiger partial charge in [0, 0.05) is 16.9 Å². The highest BCUT2D eigenvalue weighted by molar-refractivity contribution is 7.99. The molecule has 0 aliphatic carbocycles. The van der Waals surface area contributed by atoms with Gasteiger partial charge in [-0.2, -0.15) is 0 Å². The first-order valence-electron chi connectivity index (χ1n) is 7.88. The van der Waals surface area contributed by atoms with E-state index in [4.69, 9.17) is 9.47 Å². The third-order valence-corrected chi connectivity index (χ3v) is 5.58. The van der Waals surface area contributed by atoms with Crippen LogP contribution in [-0.2, 0) is 13.0 Å². The Hall–Kier alpha value is -2.39. The highest BCUT2D eigenvalue weighted by atomic mass is 32.2. The standard InChI is InChI=1S/C17H18N4O3S2/c1-23-15-6-5-12(10-16(15)24-2)14(22)11-26-17-18-19-20-21(17)8-7-13-4-3-9-25-13/h3-6,9-10H,7-8,11H2,1-2H3. The molecule has 0 spiro atoms. The van der Waals surface area contributed by atoms with Crippen LogP contribution >= 0.6 is 23.1 Å². The van der Waals surface area contributed by atoms with Crippen molar-refractivity contribution in [2.45, 2.75) is 18.1 Å². The number of aromatic nitrogens is 4. The smallest absolute Gasteiger partial charge is 0.209 e. The Morgan fingerprint density at radius 1 is 1.23 bits per heavy atom. The number of benzene rings is 1. The molecule has 0 bridgehead atoms. The van der Waals surface area contributed by atoms with E-state index in [0.717, 1.165) is 6.42 Å². The Morgan fingerprint density at radius 3 is 2.81 bits per heavy atom. The Kier molecular flexibility index (Phi) is 6.24. The second-order valence-electron chi connectivity index (χ2n) is 5.30. The Bertz CT molecular complexity index is 865. The summed E-state index contributed by atoms with van der Waals surface area (Å²) >= 11 is 3.03. The first kappa shape index (κ1) is 18.4. The number of aryl methyl sites for hydroxylation is 2. The number of nitrogens with zero attached hydrogens (tertiary/aromatic N) is 4. The van der Waals surface area contributed by atoms with Crippen molar-refractivity contribution in [2.24, 2.45) is 0 Å². The summed E-state index contributed by atoms with van der Waals surface area (Å²) in [5.41, 5.74) is 0.563. The third kappa shape index (κ3) is 4.41. The molecule has 7 nitrogen and oxygen atoms in total. The van der Waals surface area contributed by atoms with Crippen LogP contribution in [0.25, 0.3) is 0 Å². The van der Waals surface area contributed by atoms with Crippen LogP contribution in [0.1, 0.15) is 15.2 Å². The monoisotopic (exact) mass is 390 g/mol. The minimum atomic E-state index is -0.0243. The van der Waals surface area contributed by atoms with Crippen molar-refractivity contribution in [2.75, 3.05) is 20.0 Å². The number of thioether (sulfide) groups is 1. The number of hydrogen-bond acceptors (Lipinski definition) is 8. The van der Waals surface area contributed by atoms with Gasteiger partial charge in [0.15, 0.2) is 17.3 Å². The molecule has 136 valence electrons. The van der Waals surface area contributed by atoms with Gasteiger partial charge in [-0.25, -0.2) is 4.68 Å². The van der Waals surface area contributed by atoms with Crippen LogP contribution in [0.4, 0.5) is 0 Å². The van der Waals surface area contributed by atoms with Crippen LogP contribution in [0.5, 0.6) is 11.5 Å². The van der Waals surface area contributed by atoms with Gasteiger partial charge in [-0.1, -0.05) is 17.8 Å². The molecule has 0 unspecified atom stereocenters. The quantitative estimate of drug-likeness (QED) is 0.410. The molecular formula is C17H18N4O3S2. The summed E-state index contributed by atoms with van der Waals surface area (Å²) in [5, 5.41) is 14.4. The maximum absolute atomic E-state index is 12.5. The van der Waals surface area contributed by atoms with E-state index in [1.54, 1.807) is 48.4 Å². The van der Waals surface area contributed by atoms with Crippen molar-refractivity contribution < 1.29 is 14.3 Å². The van der Waals surface area contributed by atoms with Crippen LogP contribution < -0.4 is 9.47 Å².